The Kier molecular flexibility index (Phi) is 4.22. The molecule has 0 spiro atoms. The fourth-order valence-corrected chi connectivity index (χ4v) is 2.04. The summed E-state index contributed by atoms with van der Waals surface area (Å²) in [5.41, 5.74) is 0.585. The topological polar surface area (TPSA) is 73.0 Å². The van der Waals surface area contributed by atoms with E-state index in [1.165, 1.54) is 0 Å². The summed E-state index contributed by atoms with van der Waals surface area (Å²) in [5, 5.41) is 11.2. The molecule has 0 aromatic carbocycles. The Morgan fingerprint density at radius 1 is 1.35 bits per heavy atom. The molecular weight excluding hydrogens is 256 g/mol. The Labute approximate surface area is 118 Å². The zero-order valence-corrected chi connectivity index (χ0v) is 12.3. The third-order valence-corrected chi connectivity index (χ3v) is 3.23. The number of aromatic nitrogens is 3. The molecule has 1 N–H and O–H groups in total. The average Bonchev–Trinajstić information content (AvgIpc) is 2.97. The van der Waals surface area contributed by atoms with Gasteiger partial charge in [0.15, 0.2) is 0 Å². The highest BCUT2D eigenvalue weighted by atomic mass is 16.3. The molecule has 2 aromatic heterocycles. The molecule has 6 nitrogen and oxygen atoms in total. The molecule has 6 heteroatoms. The van der Waals surface area contributed by atoms with E-state index in [1.807, 2.05) is 6.92 Å². The van der Waals surface area contributed by atoms with Crippen molar-refractivity contribution in [2.75, 3.05) is 0 Å². The molecule has 2 aromatic rings. The third kappa shape index (κ3) is 3.26. The highest BCUT2D eigenvalue weighted by molar-refractivity contribution is 5.95. The fraction of sp³-hybridized carbons (Fsp3) is 0.500. The van der Waals surface area contributed by atoms with Crippen LogP contribution in [0.4, 0.5) is 0 Å². The van der Waals surface area contributed by atoms with E-state index in [-0.39, 0.29) is 17.9 Å². The van der Waals surface area contributed by atoms with Crippen LogP contribution in [0, 0.1) is 19.8 Å². The third-order valence-electron chi connectivity index (χ3n) is 3.23. The van der Waals surface area contributed by atoms with Gasteiger partial charge in [-0.3, -0.25) is 4.79 Å². The van der Waals surface area contributed by atoms with Gasteiger partial charge in [-0.15, -0.1) is 0 Å². The van der Waals surface area contributed by atoms with Crippen molar-refractivity contribution in [3.8, 4) is 0 Å². The van der Waals surface area contributed by atoms with Crippen LogP contribution in [0.1, 0.15) is 35.7 Å². The molecule has 1 amide bonds. The van der Waals surface area contributed by atoms with Crippen molar-refractivity contribution in [2.24, 2.45) is 5.92 Å². The quantitative estimate of drug-likeness (QED) is 0.905. The van der Waals surface area contributed by atoms with E-state index in [0.29, 0.717) is 17.9 Å². The molecule has 1 atom stereocenters. The summed E-state index contributed by atoms with van der Waals surface area (Å²) in [6.07, 6.45) is 3.26. The van der Waals surface area contributed by atoms with Crippen LogP contribution in [-0.4, -0.2) is 26.9 Å². The number of furan rings is 1. The first-order valence-electron chi connectivity index (χ1n) is 6.69. The van der Waals surface area contributed by atoms with Gasteiger partial charge in [-0.2, -0.15) is 15.0 Å². The first-order chi connectivity index (χ1) is 9.47. The van der Waals surface area contributed by atoms with E-state index in [4.69, 9.17) is 4.42 Å². The minimum atomic E-state index is -0.120. The van der Waals surface area contributed by atoms with Gasteiger partial charge in [0.2, 0.25) is 0 Å². The van der Waals surface area contributed by atoms with Gasteiger partial charge in [0.1, 0.15) is 11.5 Å². The van der Waals surface area contributed by atoms with E-state index in [9.17, 15) is 4.79 Å². The van der Waals surface area contributed by atoms with E-state index in [1.54, 1.807) is 30.2 Å². The van der Waals surface area contributed by atoms with Crippen molar-refractivity contribution in [1.29, 1.82) is 0 Å². The maximum atomic E-state index is 12.3. The monoisotopic (exact) mass is 276 g/mol. The standard InChI is InChI=1S/C14H20N4O2/c1-9(2)13(8-18-15-5-6-16-18)17-14(19)12-7-10(3)20-11(12)4/h5-7,9,13H,8H2,1-4H3,(H,17,19). The Hall–Kier alpha value is -2.11. The van der Waals surface area contributed by atoms with Gasteiger partial charge in [-0.1, -0.05) is 13.8 Å². The normalized spacial score (nSPS) is 12.7. The summed E-state index contributed by atoms with van der Waals surface area (Å²) in [5.74, 6) is 1.53. The number of aryl methyl sites for hydroxylation is 2. The maximum Gasteiger partial charge on any atom is 0.255 e. The highest BCUT2D eigenvalue weighted by Crippen LogP contribution is 2.14. The van der Waals surface area contributed by atoms with Gasteiger partial charge in [0, 0.05) is 0 Å². The first kappa shape index (κ1) is 14.3. The lowest BCUT2D eigenvalue weighted by molar-refractivity contribution is 0.0916. The van der Waals surface area contributed by atoms with Gasteiger partial charge in [-0.05, 0) is 25.8 Å². The second-order valence-electron chi connectivity index (χ2n) is 5.23. The number of carbonyl (C=O) groups is 1. The van der Waals surface area contributed by atoms with Crippen molar-refractivity contribution in [3.05, 3.63) is 35.5 Å². The summed E-state index contributed by atoms with van der Waals surface area (Å²) in [4.78, 5) is 13.9. The van der Waals surface area contributed by atoms with Gasteiger partial charge in [0.05, 0.1) is 30.5 Å². The number of nitrogens with zero attached hydrogens (tertiary/aromatic N) is 3. The number of carbonyl (C=O) groups excluding carboxylic acids is 1. The Bertz CT molecular complexity index is 572. The lowest BCUT2D eigenvalue weighted by atomic mass is 10.0. The second-order valence-corrected chi connectivity index (χ2v) is 5.23. The molecule has 0 aliphatic heterocycles. The number of nitrogens with one attached hydrogen (secondary N) is 1. The summed E-state index contributed by atoms with van der Waals surface area (Å²) >= 11 is 0. The number of hydrogen-bond donors (Lipinski definition) is 1. The van der Waals surface area contributed by atoms with E-state index < -0.39 is 0 Å². The van der Waals surface area contributed by atoms with Crippen LogP contribution < -0.4 is 5.32 Å². The second kappa shape index (κ2) is 5.90. The lowest BCUT2D eigenvalue weighted by Gasteiger charge is -2.21. The predicted octanol–water partition coefficient (Wildman–Crippen LogP) is 1.94. The smallest absolute Gasteiger partial charge is 0.255 e. The first-order valence-corrected chi connectivity index (χ1v) is 6.69. The van der Waals surface area contributed by atoms with Crippen LogP contribution in [0.25, 0.3) is 0 Å². The number of rotatable bonds is 5. The van der Waals surface area contributed by atoms with Crippen molar-refractivity contribution in [2.45, 2.75) is 40.3 Å². The zero-order chi connectivity index (χ0) is 14.7. The van der Waals surface area contributed by atoms with Gasteiger partial charge < -0.3 is 9.73 Å². The molecule has 108 valence electrons. The zero-order valence-electron chi connectivity index (χ0n) is 12.3. The van der Waals surface area contributed by atoms with E-state index in [2.05, 4.69) is 29.4 Å². The molecule has 0 saturated carbocycles. The van der Waals surface area contributed by atoms with Crippen LogP contribution in [0.3, 0.4) is 0 Å². The highest BCUT2D eigenvalue weighted by Gasteiger charge is 2.21. The van der Waals surface area contributed by atoms with Gasteiger partial charge in [-0.25, -0.2) is 0 Å². The van der Waals surface area contributed by atoms with Crippen molar-refractivity contribution in [1.82, 2.24) is 20.3 Å². The number of amides is 1. The molecule has 2 rings (SSSR count). The molecule has 0 aliphatic rings. The molecule has 0 aliphatic carbocycles. The summed E-state index contributed by atoms with van der Waals surface area (Å²) in [7, 11) is 0. The fourth-order valence-electron chi connectivity index (χ4n) is 2.04. The molecule has 0 bridgehead atoms. The minimum Gasteiger partial charge on any atom is -0.466 e. The molecule has 2 heterocycles. The van der Waals surface area contributed by atoms with Crippen molar-refractivity contribution >= 4 is 5.91 Å². The van der Waals surface area contributed by atoms with Gasteiger partial charge >= 0.3 is 0 Å². The molecule has 1 unspecified atom stereocenters. The molecular formula is C14H20N4O2. The van der Waals surface area contributed by atoms with E-state index >= 15 is 0 Å². The largest absolute Gasteiger partial charge is 0.466 e. The van der Waals surface area contributed by atoms with Crippen molar-refractivity contribution in [3.63, 3.8) is 0 Å². The number of hydrogen-bond acceptors (Lipinski definition) is 4. The maximum absolute atomic E-state index is 12.3. The molecule has 0 saturated heterocycles. The Morgan fingerprint density at radius 3 is 2.50 bits per heavy atom. The van der Waals surface area contributed by atoms with Crippen LogP contribution in [0.2, 0.25) is 0 Å². The summed E-state index contributed by atoms with van der Waals surface area (Å²) in [6.45, 7) is 8.29. The predicted molar refractivity (Wildman–Crippen MR) is 74.3 cm³/mol. The summed E-state index contributed by atoms with van der Waals surface area (Å²) in [6, 6.07) is 1.72. The minimum absolute atomic E-state index is 0.0375. The average molecular weight is 276 g/mol. The Morgan fingerprint density at radius 2 is 2.00 bits per heavy atom. The van der Waals surface area contributed by atoms with E-state index in [0.717, 1.165) is 5.76 Å². The van der Waals surface area contributed by atoms with Gasteiger partial charge in [0.25, 0.3) is 5.91 Å². The Balaban J connectivity index is 2.08. The van der Waals surface area contributed by atoms with Crippen LogP contribution in [0.15, 0.2) is 22.9 Å². The summed E-state index contributed by atoms with van der Waals surface area (Å²) < 4.78 is 5.39. The van der Waals surface area contributed by atoms with Crippen molar-refractivity contribution < 1.29 is 9.21 Å². The molecule has 20 heavy (non-hydrogen) atoms. The lowest BCUT2D eigenvalue weighted by Crippen LogP contribution is -2.42. The van der Waals surface area contributed by atoms with Crippen LogP contribution in [0.5, 0.6) is 0 Å². The van der Waals surface area contributed by atoms with Crippen LogP contribution >= 0.6 is 0 Å². The molecule has 0 fully saturated rings. The molecule has 0 radical (unpaired) electrons. The van der Waals surface area contributed by atoms with Crippen LogP contribution in [-0.2, 0) is 6.54 Å². The SMILES string of the molecule is Cc1cc(C(=O)NC(Cn2nccn2)C(C)C)c(C)o1.